The van der Waals surface area contributed by atoms with Crippen molar-refractivity contribution in [3.05, 3.63) is 0 Å². The molecule has 4 heteroatoms. The van der Waals surface area contributed by atoms with E-state index in [1.165, 1.54) is 57.8 Å². The second-order valence-corrected chi connectivity index (χ2v) is 6.87. The van der Waals surface area contributed by atoms with E-state index in [4.69, 9.17) is 10.5 Å². The lowest BCUT2D eigenvalue weighted by Crippen LogP contribution is -2.58. The minimum Gasteiger partial charge on any atom is -0.381 e. The second kappa shape index (κ2) is 5.92. The Morgan fingerprint density at radius 3 is 2.60 bits per heavy atom. The van der Waals surface area contributed by atoms with Crippen LogP contribution in [-0.4, -0.2) is 42.2 Å². The van der Waals surface area contributed by atoms with Crippen LogP contribution in [-0.2, 0) is 4.74 Å². The van der Waals surface area contributed by atoms with Crippen molar-refractivity contribution in [1.29, 1.82) is 0 Å². The van der Waals surface area contributed by atoms with Crippen LogP contribution < -0.4 is 5.73 Å². The van der Waals surface area contributed by atoms with Crippen molar-refractivity contribution >= 4 is 5.96 Å². The standard InChI is InChI=1S/C16H29N3O/c1-20-14-9-6-10-16(11-14)12-18-15(17)19(16)13-7-4-2-3-5-8-13/h13-14H,2-12H2,1H3,(H2,17,18). The summed E-state index contributed by atoms with van der Waals surface area (Å²) < 4.78 is 5.66. The van der Waals surface area contributed by atoms with Crippen LogP contribution in [0.5, 0.6) is 0 Å². The largest absolute Gasteiger partial charge is 0.381 e. The Bertz CT molecular complexity index is 363. The highest BCUT2D eigenvalue weighted by Gasteiger charge is 2.48. The fourth-order valence-electron chi connectivity index (χ4n) is 4.56. The van der Waals surface area contributed by atoms with Crippen LogP contribution in [0, 0.1) is 0 Å². The quantitative estimate of drug-likeness (QED) is 0.791. The fourth-order valence-corrected chi connectivity index (χ4v) is 4.56. The molecule has 0 amide bonds. The number of rotatable bonds is 2. The predicted octanol–water partition coefficient (Wildman–Crippen LogP) is 2.67. The van der Waals surface area contributed by atoms with Crippen LogP contribution in [0.4, 0.5) is 0 Å². The number of aliphatic imine (C=N–C) groups is 1. The van der Waals surface area contributed by atoms with Gasteiger partial charge in [-0.1, -0.05) is 25.7 Å². The van der Waals surface area contributed by atoms with Gasteiger partial charge in [-0.25, -0.2) is 0 Å². The molecule has 2 unspecified atom stereocenters. The third-order valence-electron chi connectivity index (χ3n) is 5.59. The maximum Gasteiger partial charge on any atom is 0.192 e. The van der Waals surface area contributed by atoms with Gasteiger partial charge in [0.05, 0.1) is 18.2 Å². The van der Waals surface area contributed by atoms with Gasteiger partial charge < -0.3 is 15.4 Å². The van der Waals surface area contributed by atoms with E-state index in [2.05, 4.69) is 9.89 Å². The lowest BCUT2D eigenvalue weighted by molar-refractivity contribution is -0.00353. The summed E-state index contributed by atoms with van der Waals surface area (Å²) in [6.45, 7) is 0.884. The summed E-state index contributed by atoms with van der Waals surface area (Å²) >= 11 is 0. The number of hydrogen-bond acceptors (Lipinski definition) is 4. The van der Waals surface area contributed by atoms with Gasteiger partial charge >= 0.3 is 0 Å². The Kier molecular flexibility index (Phi) is 4.20. The Morgan fingerprint density at radius 2 is 1.90 bits per heavy atom. The summed E-state index contributed by atoms with van der Waals surface area (Å²) in [5.41, 5.74) is 6.45. The van der Waals surface area contributed by atoms with E-state index in [0.29, 0.717) is 12.1 Å². The summed E-state index contributed by atoms with van der Waals surface area (Å²) in [5.74, 6) is 0.800. The number of methoxy groups -OCH3 is 1. The summed E-state index contributed by atoms with van der Waals surface area (Å²) in [6.07, 6.45) is 13.2. The summed E-state index contributed by atoms with van der Waals surface area (Å²) in [5, 5.41) is 0. The van der Waals surface area contributed by atoms with Crippen molar-refractivity contribution in [2.24, 2.45) is 10.7 Å². The van der Waals surface area contributed by atoms with Crippen LogP contribution in [0.25, 0.3) is 0 Å². The van der Waals surface area contributed by atoms with Gasteiger partial charge in [-0.3, -0.25) is 4.99 Å². The van der Waals surface area contributed by atoms with E-state index < -0.39 is 0 Å². The van der Waals surface area contributed by atoms with E-state index in [9.17, 15) is 0 Å². The van der Waals surface area contributed by atoms with Crippen molar-refractivity contribution < 1.29 is 4.74 Å². The van der Waals surface area contributed by atoms with E-state index in [1.54, 1.807) is 0 Å². The van der Waals surface area contributed by atoms with E-state index in [0.717, 1.165) is 18.9 Å². The molecule has 2 N–H and O–H groups in total. The monoisotopic (exact) mass is 279 g/mol. The highest BCUT2D eigenvalue weighted by molar-refractivity contribution is 5.81. The number of hydrogen-bond donors (Lipinski definition) is 1. The lowest BCUT2D eigenvalue weighted by atomic mass is 9.78. The summed E-state index contributed by atoms with van der Waals surface area (Å²) in [4.78, 5) is 7.15. The third kappa shape index (κ3) is 2.54. The summed E-state index contributed by atoms with van der Waals surface area (Å²) in [7, 11) is 1.85. The molecule has 0 radical (unpaired) electrons. The fraction of sp³-hybridized carbons (Fsp3) is 0.938. The van der Waals surface area contributed by atoms with Crippen molar-refractivity contribution in [3.8, 4) is 0 Å². The Labute approximate surface area is 122 Å². The molecule has 0 aromatic heterocycles. The van der Waals surface area contributed by atoms with Crippen molar-refractivity contribution in [2.45, 2.75) is 81.9 Å². The van der Waals surface area contributed by atoms with Crippen molar-refractivity contribution in [1.82, 2.24) is 4.90 Å². The maximum absolute atomic E-state index is 6.29. The number of guanidine groups is 1. The molecule has 0 bridgehead atoms. The first-order valence-corrected chi connectivity index (χ1v) is 8.37. The zero-order chi connectivity index (χ0) is 14.0. The smallest absolute Gasteiger partial charge is 0.192 e. The molecule has 2 saturated carbocycles. The van der Waals surface area contributed by atoms with Gasteiger partial charge in [0.15, 0.2) is 5.96 Å². The first-order chi connectivity index (χ1) is 9.75. The van der Waals surface area contributed by atoms with Crippen LogP contribution in [0.2, 0.25) is 0 Å². The topological polar surface area (TPSA) is 50.9 Å². The molecule has 1 heterocycles. The molecule has 20 heavy (non-hydrogen) atoms. The molecule has 114 valence electrons. The molecular formula is C16H29N3O. The van der Waals surface area contributed by atoms with Crippen LogP contribution >= 0.6 is 0 Å². The van der Waals surface area contributed by atoms with Gasteiger partial charge in [0, 0.05) is 13.2 Å². The SMILES string of the molecule is COC1CCCC2(CN=C(N)N2C2CCCCCC2)C1. The van der Waals surface area contributed by atoms with Crippen LogP contribution in [0.3, 0.4) is 0 Å². The van der Waals surface area contributed by atoms with Crippen LogP contribution in [0.1, 0.15) is 64.2 Å². The first kappa shape index (κ1) is 14.2. The molecule has 0 aromatic carbocycles. The minimum atomic E-state index is 0.165. The Balaban J connectivity index is 1.79. The Hall–Kier alpha value is -0.770. The lowest BCUT2D eigenvalue weighted by Gasteiger charge is -2.48. The molecule has 4 nitrogen and oxygen atoms in total. The Morgan fingerprint density at radius 1 is 1.15 bits per heavy atom. The van der Waals surface area contributed by atoms with Gasteiger partial charge in [0.2, 0.25) is 0 Å². The highest BCUT2D eigenvalue weighted by Crippen LogP contribution is 2.41. The number of ether oxygens (including phenoxy) is 1. The zero-order valence-electron chi connectivity index (χ0n) is 12.8. The molecule has 0 aromatic rings. The molecule has 2 aliphatic carbocycles. The number of nitrogens with two attached hydrogens (primary N) is 1. The van der Waals surface area contributed by atoms with Gasteiger partial charge in [-0.15, -0.1) is 0 Å². The molecule has 0 saturated heterocycles. The van der Waals surface area contributed by atoms with E-state index in [1.807, 2.05) is 7.11 Å². The maximum atomic E-state index is 6.29. The summed E-state index contributed by atoms with van der Waals surface area (Å²) in [6, 6.07) is 0.611. The van der Waals surface area contributed by atoms with Gasteiger partial charge in [-0.05, 0) is 38.5 Å². The molecule has 1 spiro atoms. The average Bonchev–Trinajstić information content (AvgIpc) is 2.67. The van der Waals surface area contributed by atoms with Crippen LogP contribution in [0.15, 0.2) is 4.99 Å². The molecule has 3 aliphatic rings. The van der Waals surface area contributed by atoms with Gasteiger partial charge in [-0.2, -0.15) is 0 Å². The van der Waals surface area contributed by atoms with E-state index >= 15 is 0 Å². The normalized spacial score (nSPS) is 36.1. The van der Waals surface area contributed by atoms with Crippen molar-refractivity contribution in [2.75, 3.05) is 13.7 Å². The average molecular weight is 279 g/mol. The first-order valence-electron chi connectivity index (χ1n) is 8.37. The molecule has 2 fully saturated rings. The van der Waals surface area contributed by atoms with Gasteiger partial charge in [0.25, 0.3) is 0 Å². The van der Waals surface area contributed by atoms with Crippen molar-refractivity contribution in [3.63, 3.8) is 0 Å². The third-order valence-corrected chi connectivity index (χ3v) is 5.59. The predicted molar refractivity (Wildman–Crippen MR) is 81.8 cm³/mol. The van der Waals surface area contributed by atoms with Gasteiger partial charge in [0.1, 0.15) is 0 Å². The highest BCUT2D eigenvalue weighted by atomic mass is 16.5. The molecule has 1 aliphatic heterocycles. The molecular weight excluding hydrogens is 250 g/mol. The van der Waals surface area contributed by atoms with E-state index in [-0.39, 0.29) is 5.54 Å². The zero-order valence-corrected chi connectivity index (χ0v) is 12.8. The second-order valence-electron chi connectivity index (χ2n) is 6.87. The number of nitrogens with zero attached hydrogens (tertiary/aromatic N) is 2. The molecule has 2 atom stereocenters. The minimum absolute atomic E-state index is 0.165. The molecule has 3 rings (SSSR count).